The van der Waals surface area contributed by atoms with Gasteiger partial charge in [0, 0.05) is 12.6 Å². The summed E-state index contributed by atoms with van der Waals surface area (Å²) >= 11 is 0. The third-order valence-electron chi connectivity index (χ3n) is 2.39. The van der Waals surface area contributed by atoms with Crippen molar-refractivity contribution in [3.8, 4) is 12.3 Å². The summed E-state index contributed by atoms with van der Waals surface area (Å²) < 4.78 is 0. The van der Waals surface area contributed by atoms with Crippen molar-refractivity contribution >= 4 is 0 Å². The summed E-state index contributed by atoms with van der Waals surface area (Å²) in [6.45, 7) is 0.882. The van der Waals surface area contributed by atoms with Crippen LogP contribution in [-0.4, -0.2) is 30.3 Å². The molecule has 0 aromatic heterocycles. The van der Waals surface area contributed by atoms with Crippen LogP contribution in [-0.2, 0) is 6.42 Å². The highest BCUT2D eigenvalue weighted by atomic mass is 16.3. The van der Waals surface area contributed by atoms with Crippen LogP contribution < -0.4 is 11.1 Å². The van der Waals surface area contributed by atoms with Crippen LogP contribution in [0.1, 0.15) is 5.56 Å². The first-order valence-electron chi connectivity index (χ1n) is 5.35. The second-order valence-electron chi connectivity index (χ2n) is 3.76. The van der Waals surface area contributed by atoms with E-state index in [9.17, 15) is 5.11 Å². The second kappa shape index (κ2) is 7.02. The normalized spacial score (nSPS) is 14.1. The van der Waals surface area contributed by atoms with Gasteiger partial charge < -0.3 is 16.2 Å². The Bertz CT molecular complexity index is 332. The molecule has 0 aliphatic heterocycles. The minimum atomic E-state index is -0.575. The summed E-state index contributed by atoms with van der Waals surface area (Å²) in [7, 11) is 0. The molecule has 1 aromatic carbocycles. The highest BCUT2D eigenvalue weighted by Crippen LogP contribution is 2.04. The van der Waals surface area contributed by atoms with Gasteiger partial charge in [0.1, 0.15) is 0 Å². The molecule has 0 unspecified atom stereocenters. The van der Waals surface area contributed by atoms with E-state index in [4.69, 9.17) is 12.2 Å². The lowest BCUT2D eigenvalue weighted by Crippen LogP contribution is -2.43. The highest BCUT2D eigenvalue weighted by Gasteiger charge is 2.14. The first kappa shape index (κ1) is 12.7. The predicted octanol–water partition coefficient (Wildman–Crippen LogP) is 0.140. The second-order valence-corrected chi connectivity index (χ2v) is 3.76. The Morgan fingerprint density at radius 1 is 1.38 bits per heavy atom. The molecule has 0 saturated carbocycles. The van der Waals surface area contributed by atoms with Crippen molar-refractivity contribution < 1.29 is 5.11 Å². The summed E-state index contributed by atoms with van der Waals surface area (Å²) in [5, 5.41) is 12.7. The van der Waals surface area contributed by atoms with Crippen LogP contribution in [0.2, 0.25) is 0 Å². The highest BCUT2D eigenvalue weighted by molar-refractivity contribution is 5.16. The predicted molar refractivity (Wildman–Crippen MR) is 65.8 cm³/mol. The molecule has 3 nitrogen and oxygen atoms in total. The maximum absolute atomic E-state index is 9.75. The van der Waals surface area contributed by atoms with Crippen LogP contribution in [0.3, 0.4) is 0 Å². The van der Waals surface area contributed by atoms with Gasteiger partial charge in [-0.2, -0.15) is 0 Å². The van der Waals surface area contributed by atoms with E-state index >= 15 is 0 Å². The van der Waals surface area contributed by atoms with Crippen molar-refractivity contribution in [3.05, 3.63) is 35.9 Å². The topological polar surface area (TPSA) is 58.3 Å². The zero-order chi connectivity index (χ0) is 11.8. The van der Waals surface area contributed by atoms with Gasteiger partial charge in [0.25, 0.3) is 0 Å². The molecular formula is C13H18N2O. The van der Waals surface area contributed by atoms with Gasteiger partial charge in [0.15, 0.2) is 0 Å². The lowest BCUT2D eigenvalue weighted by molar-refractivity contribution is 0.143. The molecule has 2 atom stereocenters. The number of hydrogen-bond donors (Lipinski definition) is 3. The van der Waals surface area contributed by atoms with Gasteiger partial charge in [-0.3, -0.25) is 0 Å². The number of benzene rings is 1. The minimum Gasteiger partial charge on any atom is -0.390 e. The van der Waals surface area contributed by atoms with E-state index < -0.39 is 6.10 Å². The van der Waals surface area contributed by atoms with Crippen molar-refractivity contribution in [3.63, 3.8) is 0 Å². The fourth-order valence-corrected chi connectivity index (χ4v) is 1.47. The fraction of sp³-hybridized carbons (Fsp3) is 0.385. The molecule has 0 saturated heterocycles. The number of aliphatic hydroxyl groups is 1. The molecule has 0 radical (unpaired) electrons. The van der Waals surface area contributed by atoms with Crippen molar-refractivity contribution in [1.29, 1.82) is 0 Å². The van der Waals surface area contributed by atoms with E-state index in [0.29, 0.717) is 19.5 Å². The molecule has 0 aliphatic carbocycles. The van der Waals surface area contributed by atoms with E-state index in [-0.39, 0.29) is 6.04 Å². The van der Waals surface area contributed by atoms with Crippen molar-refractivity contribution in [1.82, 2.24) is 5.32 Å². The van der Waals surface area contributed by atoms with E-state index in [1.54, 1.807) is 0 Å². The van der Waals surface area contributed by atoms with E-state index in [1.807, 2.05) is 30.3 Å². The van der Waals surface area contributed by atoms with E-state index in [1.165, 1.54) is 0 Å². The molecule has 0 fully saturated rings. The van der Waals surface area contributed by atoms with Gasteiger partial charge in [-0.1, -0.05) is 36.3 Å². The third kappa shape index (κ3) is 4.45. The average molecular weight is 218 g/mol. The van der Waals surface area contributed by atoms with Crippen molar-refractivity contribution in [2.75, 3.05) is 13.1 Å². The summed E-state index contributed by atoms with van der Waals surface area (Å²) in [6.07, 6.45) is 5.18. The third-order valence-corrected chi connectivity index (χ3v) is 2.39. The van der Waals surface area contributed by atoms with E-state index in [0.717, 1.165) is 5.56 Å². The SMILES string of the molecule is C#CCNC[C@@H](O)[C@@H](N)Cc1ccccc1. The standard InChI is InChI=1S/C13H18N2O/c1-2-8-15-10-13(16)12(14)9-11-6-4-3-5-7-11/h1,3-7,12-13,15-16H,8-10,14H2/t12-,13+/m0/s1. The number of nitrogens with two attached hydrogens (primary N) is 1. The lowest BCUT2D eigenvalue weighted by Gasteiger charge is -2.18. The number of aliphatic hydroxyl groups excluding tert-OH is 1. The van der Waals surface area contributed by atoms with Crippen molar-refractivity contribution in [2.24, 2.45) is 5.73 Å². The minimum absolute atomic E-state index is 0.271. The first-order valence-corrected chi connectivity index (χ1v) is 5.35. The Balaban J connectivity index is 2.34. The van der Waals surface area contributed by atoms with Gasteiger partial charge in [0.2, 0.25) is 0 Å². The van der Waals surface area contributed by atoms with Gasteiger partial charge in [-0.05, 0) is 12.0 Å². The Labute approximate surface area is 96.7 Å². The Kier molecular flexibility index (Phi) is 5.58. The van der Waals surface area contributed by atoms with E-state index in [2.05, 4.69) is 11.2 Å². The zero-order valence-corrected chi connectivity index (χ0v) is 9.26. The van der Waals surface area contributed by atoms with Crippen LogP contribution in [0.25, 0.3) is 0 Å². The largest absolute Gasteiger partial charge is 0.390 e. The molecule has 1 rings (SSSR count). The molecule has 0 bridgehead atoms. The zero-order valence-electron chi connectivity index (χ0n) is 9.26. The Hall–Kier alpha value is -1.34. The molecule has 16 heavy (non-hydrogen) atoms. The summed E-state index contributed by atoms with van der Waals surface area (Å²) in [6, 6.07) is 9.62. The number of nitrogens with one attached hydrogen (secondary N) is 1. The molecule has 0 amide bonds. The number of rotatable bonds is 6. The Morgan fingerprint density at radius 3 is 2.69 bits per heavy atom. The number of hydrogen-bond acceptors (Lipinski definition) is 3. The molecule has 0 spiro atoms. The molecule has 3 heteroatoms. The van der Waals surface area contributed by atoms with Crippen LogP contribution in [0.15, 0.2) is 30.3 Å². The Morgan fingerprint density at radius 2 is 2.06 bits per heavy atom. The average Bonchev–Trinajstić information content (AvgIpc) is 2.30. The van der Waals surface area contributed by atoms with Gasteiger partial charge >= 0.3 is 0 Å². The summed E-state index contributed by atoms with van der Waals surface area (Å²) in [5.74, 6) is 2.45. The molecule has 4 N–H and O–H groups in total. The van der Waals surface area contributed by atoms with Crippen LogP contribution in [0.4, 0.5) is 0 Å². The summed E-state index contributed by atoms with van der Waals surface area (Å²) in [5.41, 5.74) is 7.02. The maximum Gasteiger partial charge on any atom is 0.0818 e. The van der Waals surface area contributed by atoms with Crippen LogP contribution >= 0.6 is 0 Å². The van der Waals surface area contributed by atoms with Crippen molar-refractivity contribution in [2.45, 2.75) is 18.6 Å². The quantitative estimate of drug-likeness (QED) is 0.470. The first-order chi connectivity index (χ1) is 7.74. The van der Waals surface area contributed by atoms with Crippen LogP contribution in [0, 0.1) is 12.3 Å². The monoisotopic (exact) mass is 218 g/mol. The maximum atomic E-state index is 9.75. The molecule has 0 heterocycles. The molecule has 1 aromatic rings. The van der Waals surface area contributed by atoms with Gasteiger partial charge in [-0.25, -0.2) is 0 Å². The number of terminal acetylenes is 1. The summed E-state index contributed by atoms with van der Waals surface area (Å²) in [4.78, 5) is 0. The smallest absolute Gasteiger partial charge is 0.0818 e. The van der Waals surface area contributed by atoms with Gasteiger partial charge in [-0.15, -0.1) is 6.42 Å². The molecule has 86 valence electrons. The fourth-order valence-electron chi connectivity index (χ4n) is 1.47. The van der Waals surface area contributed by atoms with Gasteiger partial charge in [0.05, 0.1) is 12.6 Å². The molecular weight excluding hydrogens is 200 g/mol. The molecule has 0 aliphatic rings. The lowest BCUT2D eigenvalue weighted by atomic mass is 10.0. The van der Waals surface area contributed by atoms with Crippen LogP contribution in [0.5, 0.6) is 0 Å².